The number of likely N-dealkylation sites (N-methyl/N-ethyl adjacent to an activating group) is 1. The maximum Gasteiger partial charge on any atom is 0.234 e. The van der Waals surface area contributed by atoms with E-state index in [1.807, 2.05) is 12.1 Å². The quantitative estimate of drug-likeness (QED) is 0.941. The van der Waals surface area contributed by atoms with Crippen LogP contribution in [0.3, 0.4) is 0 Å². The average Bonchev–Trinajstić information content (AvgIpc) is 2.56. The zero-order valence-electron chi connectivity index (χ0n) is 14.0. The van der Waals surface area contributed by atoms with Crippen LogP contribution in [0.5, 0.6) is 0 Å². The summed E-state index contributed by atoms with van der Waals surface area (Å²) in [6, 6.07) is 14.6. The van der Waals surface area contributed by atoms with Gasteiger partial charge in [-0.25, -0.2) is 0 Å². The number of amides is 1. The third-order valence-electron chi connectivity index (χ3n) is 4.63. The molecule has 0 unspecified atom stereocenters. The van der Waals surface area contributed by atoms with Crippen molar-refractivity contribution >= 4 is 16.7 Å². The van der Waals surface area contributed by atoms with Gasteiger partial charge in [-0.3, -0.25) is 9.69 Å². The number of piperazine rings is 1. The van der Waals surface area contributed by atoms with Crippen LogP contribution in [-0.2, 0) is 4.79 Å². The molecule has 1 atom stereocenters. The number of rotatable bonds is 4. The SMILES string of the molecule is C[C@H](NC(=O)CN1CCN(C)CC1)c1cccc2ccccc12. The van der Waals surface area contributed by atoms with E-state index in [4.69, 9.17) is 0 Å². The highest BCUT2D eigenvalue weighted by Gasteiger charge is 2.18. The third-order valence-corrected chi connectivity index (χ3v) is 4.63. The lowest BCUT2D eigenvalue weighted by Crippen LogP contribution is -2.48. The summed E-state index contributed by atoms with van der Waals surface area (Å²) in [7, 11) is 2.12. The molecule has 4 heteroatoms. The van der Waals surface area contributed by atoms with Crippen LogP contribution in [0.2, 0.25) is 0 Å². The van der Waals surface area contributed by atoms with Gasteiger partial charge in [0.25, 0.3) is 0 Å². The van der Waals surface area contributed by atoms with Crippen molar-refractivity contribution in [3.63, 3.8) is 0 Å². The first-order valence-corrected chi connectivity index (χ1v) is 8.31. The van der Waals surface area contributed by atoms with E-state index in [9.17, 15) is 4.79 Å². The number of benzene rings is 2. The van der Waals surface area contributed by atoms with E-state index >= 15 is 0 Å². The van der Waals surface area contributed by atoms with Crippen molar-refractivity contribution in [3.8, 4) is 0 Å². The Morgan fingerprint density at radius 1 is 1.09 bits per heavy atom. The minimum absolute atomic E-state index is 0.0149. The first kappa shape index (κ1) is 16.0. The normalized spacial score (nSPS) is 18.0. The van der Waals surface area contributed by atoms with E-state index in [1.165, 1.54) is 16.3 Å². The predicted octanol–water partition coefficient (Wildman–Crippen LogP) is 2.26. The van der Waals surface area contributed by atoms with E-state index < -0.39 is 0 Å². The van der Waals surface area contributed by atoms with Gasteiger partial charge >= 0.3 is 0 Å². The Hall–Kier alpha value is -1.91. The zero-order chi connectivity index (χ0) is 16.2. The minimum atomic E-state index is 0.0149. The van der Waals surface area contributed by atoms with Crippen molar-refractivity contribution in [1.82, 2.24) is 15.1 Å². The van der Waals surface area contributed by atoms with Crippen molar-refractivity contribution in [1.29, 1.82) is 0 Å². The smallest absolute Gasteiger partial charge is 0.234 e. The number of fused-ring (bicyclic) bond motifs is 1. The van der Waals surface area contributed by atoms with Gasteiger partial charge in [-0.1, -0.05) is 42.5 Å². The highest BCUT2D eigenvalue weighted by molar-refractivity contribution is 5.87. The summed E-state index contributed by atoms with van der Waals surface area (Å²) < 4.78 is 0. The van der Waals surface area contributed by atoms with E-state index in [-0.39, 0.29) is 11.9 Å². The highest BCUT2D eigenvalue weighted by Crippen LogP contribution is 2.23. The second kappa shape index (κ2) is 7.11. The van der Waals surface area contributed by atoms with Gasteiger partial charge in [0.05, 0.1) is 12.6 Å². The molecule has 2 aromatic rings. The molecule has 0 saturated carbocycles. The number of hydrogen-bond acceptors (Lipinski definition) is 3. The summed E-state index contributed by atoms with van der Waals surface area (Å²) in [6.45, 7) is 6.55. The fourth-order valence-electron chi connectivity index (χ4n) is 3.20. The molecule has 1 saturated heterocycles. The number of hydrogen-bond donors (Lipinski definition) is 1. The molecule has 1 amide bonds. The van der Waals surface area contributed by atoms with Crippen molar-refractivity contribution in [2.75, 3.05) is 39.8 Å². The summed E-state index contributed by atoms with van der Waals surface area (Å²) in [5.74, 6) is 0.106. The molecule has 23 heavy (non-hydrogen) atoms. The molecule has 0 aliphatic carbocycles. The topological polar surface area (TPSA) is 35.6 Å². The van der Waals surface area contributed by atoms with Gasteiger partial charge in [0.1, 0.15) is 0 Å². The maximum absolute atomic E-state index is 12.3. The number of carbonyl (C=O) groups is 1. The molecule has 1 aliphatic rings. The average molecular weight is 311 g/mol. The summed E-state index contributed by atoms with van der Waals surface area (Å²) in [5, 5.41) is 5.58. The minimum Gasteiger partial charge on any atom is -0.348 e. The molecule has 1 fully saturated rings. The lowest BCUT2D eigenvalue weighted by atomic mass is 10.00. The molecule has 3 rings (SSSR count). The van der Waals surface area contributed by atoms with Crippen LogP contribution in [0, 0.1) is 0 Å². The zero-order valence-corrected chi connectivity index (χ0v) is 14.0. The van der Waals surface area contributed by atoms with Crippen LogP contribution in [0.1, 0.15) is 18.5 Å². The van der Waals surface area contributed by atoms with Crippen LogP contribution in [0.4, 0.5) is 0 Å². The Balaban J connectivity index is 1.64. The number of nitrogens with one attached hydrogen (secondary N) is 1. The summed E-state index contributed by atoms with van der Waals surface area (Å²) >= 11 is 0. The highest BCUT2D eigenvalue weighted by atomic mass is 16.2. The Kier molecular flexibility index (Phi) is 4.94. The van der Waals surface area contributed by atoms with Gasteiger partial charge < -0.3 is 10.2 Å². The van der Waals surface area contributed by atoms with Gasteiger partial charge in [0.15, 0.2) is 0 Å². The van der Waals surface area contributed by atoms with Gasteiger partial charge in [-0.2, -0.15) is 0 Å². The molecule has 0 aromatic heterocycles. The molecule has 0 spiro atoms. The Morgan fingerprint density at radius 3 is 2.57 bits per heavy atom. The molecule has 1 aliphatic heterocycles. The molecule has 1 N–H and O–H groups in total. The Bertz CT molecular complexity index is 672. The van der Waals surface area contributed by atoms with Gasteiger partial charge in [0, 0.05) is 26.2 Å². The monoisotopic (exact) mass is 311 g/mol. The number of carbonyl (C=O) groups excluding carboxylic acids is 1. The molecular formula is C19H25N3O. The van der Waals surface area contributed by atoms with Crippen molar-refractivity contribution < 1.29 is 4.79 Å². The number of nitrogens with zero attached hydrogens (tertiary/aromatic N) is 2. The lowest BCUT2D eigenvalue weighted by Gasteiger charge is -2.32. The Morgan fingerprint density at radius 2 is 1.78 bits per heavy atom. The van der Waals surface area contributed by atoms with E-state index in [0.717, 1.165) is 26.2 Å². The second-order valence-electron chi connectivity index (χ2n) is 6.44. The Labute approximate surface area is 138 Å². The fourth-order valence-corrected chi connectivity index (χ4v) is 3.20. The third kappa shape index (κ3) is 3.89. The van der Waals surface area contributed by atoms with Crippen molar-refractivity contribution in [2.45, 2.75) is 13.0 Å². The predicted molar refractivity (Wildman–Crippen MR) is 94.4 cm³/mol. The van der Waals surface area contributed by atoms with Crippen LogP contribution >= 0.6 is 0 Å². The van der Waals surface area contributed by atoms with Crippen molar-refractivity contribution in [2.24, 2.45) is 0 Å². The molecule has 0 radical (unpaired) electrons. The first-order chi connectivity index (χ1) is 11.1. The van der Waals surface area contributed by atoms with Crippen LogP contribution in [0.25, 0.3) is 10.8 Å². The fraction of sp³-hybridized carbons (Fsp3) is 0.421. The molecule has 0 bridgehead atoms. The summed E-state index contributed by atoms with van der Waals surface area (Å²) in [5.41, 5.74) is 1.18. The van der Waals surface area contributed by atoms with Crippen LogP contribution in [0.15, 0.2) is 42.5 Å². The first-order valence-electron chi connectivity index (χ1n) is 8.31. The maximum atomic E-state index is 12.3. The lowest BCUT2D eigenvalue weighted by molar-refractivity contribution is -0.123. The largest absolute Gasteiger partial charge is 0.348 e. The molecule has 122 valence electrons. The van der Waals surface area contributed by atoms with Gasteiger partial charge in [0.2, 0.25) is 5.91 Å². The standard InChI is InChI=1S/C19H25N3O/c1-15(17-9-5-7-16-6-3-4-8-18(16)17)20-19(23)14-22-12-10-21(2)11-13-22/h3-9,15H,10-14H2,1-2H3,(H,20,23)/t15-/m0/s1. The van der Waals surface area contributed by atoms with E-state index in [2.05, 4.69) is 59.4 Å². The molecule has 4 nitrogen and oxygen atoms in total. The molecular weight excluding hydrogens is 286 g/mol. The summed E-state index contributed by atoms with van der Waals surface area (Å²) in [4.78, 5) is 16.9. The second-order valence-corrected chi connectivity index (χ2v) is 6.44. The van der Waals surface area contributed by atoms with E-state index in [1.54, 1.807) is 0 Å². The van der Waals surface area contributed by atoms with Gasteiger partial charge in [-0.05, 0) is 30.3 Å². The van der Waals surface area contributed by atoms with E-state index in [0.29, 0.717) is 6.54 Å². The van der Waals surface area contributed by atoms with Crippen LogP contribution < -0.4 is 5.32 Å². The molecule has 2 aromatic carbocycles. The van der Waals surface area contributed by atoms with Gasteiger partial charge in [-0.15, -0.1) is 0 Å². The van der Waals surface area contributed by atoms with Crippen LogP contribution in [-0.4, -0.2) is 55.5 Å². The van der Waals surface area contributed by atoms with Crippen molar-refractivity contribution in [3.05, 3.63) is 48.0 Å². The molecule has 1 heterocycles. The summed E-state index contributed by atoms with van der Waals surface area (Å²) in [6.07, 6.45) is 0.